The summed E-state index contributed by atoms with van der Waals surface area (Å²) in [6, 6.07) is 7.02. The molecule has 1 aliphatic carbocycles. The molecule has 0 unspecified atom stereocenters. The summed E-state index contributed by atoms with van der Waals surface area (Å²) < 4.78 is 15.8. The van der Waals surface area contributed by atoms with E-state index in [0.29, 0.717) is 5.75 Å². The zero-order chi connectivity index (χ0) is 17.5. The lowest BCUT2D eigenvalue weighted by Crippen LogP contribution is -2.58. The van der Waals surface area contributed by atoms with Gasteiger partial charge in [-0.3, -0.25) is 14.4 Å². The standard InChI is InChI=1S/C18H20O6/c1-17(2)23-15(20)18(16(21)24-17)9-8-12(19)10-14(18)11-4-6-13(22-3)7-5-11/h4-7,14H,8-10H2,1-3H3/t14-/m0/s1. The van der Waals surface area contributed by atoms with E-state index in [1.54, 1.807) is 31.4 Å². The third kappa shape index (κ3) is 2.56. The smallest absolute Gasteiger partial charge is 0.327 e. The number of rotatable bonds is 2. The van der Waals surface area contributed by atoms with Gasteiger partial charge in [0.15, 0.2) is 5.41 Å². The predicted molar refractivity (Wildman–Crippen MR) is 83.3 cm³/mol. The fourth-order valence-corrected chi connectivity index (χ4v) is 3.47. The normalized spacial score (nSPS) is 25.1. The van der Waals surface area contributed by atoms with Crippen molar-refractivity contribution in [3.63, 3.8) is 0 Å². The number of hydrogen-bond donors (Lipinski definition) is 0. The van der Waals surface area contributed by atoms with Crippen molar-refractivity contribution in [2.75, 3.05) is 7.11 Å². The molecule has 0 aromatic heterocycles. The number of carbonyl (C=O) groups is 3. The van der Waals surface area contributed by atoms with Gasteiger partial charge in [-0.25, -0.2) is 0 Å². The topological polar surface area (TPSA) is 78.9 Å². The van der Waals surface area contributed by atoms with Crippen molar-refractivity contribution in [1.82, 2.24) is 0 Å². The third-order valence-corrected chi connectivity index (χ3v) is 4.75. The number of hydrogen-bond acceptors (Lipinski definition) is 6. The summed E-state index contributed by atoms with van der Waals surface area (Å²) in [5.74, 6) is -2.43. The van der Waals surface area contributed by atoms with Gasteiger partial charge in [0.2, 0.25) is 0 Å². The number of esters is 2. The van der Waals surface area contributed by atoms with E-state index in [4.69, 9.17) is 14.2 Å². The van der Waals surface area contributed by atoms with Crippen molar-refractivity contribution < 1.29 is 28.6 Å². The van der Waals surface area contributed by atoms with Crippen LogP contribution in [0.1, 0.15) is 44.6 Å². The second kappa shape index (κ2) is 5.61. The van der Waals surface area contributed by atoms with Crippen LogP contribution in [0.15, 0.2) is 24.3 Å². The fraction of sp³-hybridized carbons (Fsp3) is 0.500. The van der Waals surface area contributed by atoms with Gasteiger partial charge in [-0.2, -0.15) is 0 Å². The Kier molecular flexibility index (Phi) is 3.86. The molecular formula is C18H20O6. The predicted octanol–water partition coefficient (Wildman–Crippen LogP) is 2.35. The van der Waals surface area contributed by atoms with E-state index in [1.807, 2.05) is 0 Å². The Morgan fingerprint density at radius 2 is 1.62 bits per heavy atom. The first-order valence-corrected chi connectivity index (χ1v) is 7.91. The van der Waals surface area contributed by atoms with E-state index in [2.05, 4.69) is 0 Å². The summed E-state index contributed by atoms with van der Waals surface area (Å²) in [6.45, 7) is 3.04. The first-order chi connectivity index (χ1) is 11.3. The Labute approximate surface area is 140 Å². The van der Waals surface area contributed by atoms with Gasteiger partial charge < -0.3 is 14.2 Å². The molecule has 1 saturated heterocycles. The number of Topliss-reactive ketones (excluding diaryl/α,β-unsaturated/α-hetero) is 1. The second-order valence-corrected chi connectivity index (χ2v) is 6.72. The number of benzene rings is 1. The highest BCUT2D eigenvalue weighted by Gasteiger charge is 2.62. The molecule has 6 nitrogen and oxygen atoms in total. The lowest BCUT2D eigenvalue weighted by atomic mass is 9.63. The molecule has 24 heavy (non-hydrogen) atoms. The highest BCUT2D eigenvalue weighted by Crippen LogP contribution is 2.51. The molecule has 0 radical (unpaired) electrons. The van der Waals surface area contributed by atoms with Crippen molar-refractivity contribution in [2.24, 2.45) is 5.41 Å². The van der Waals surface area contributed by atoms with Gasteiger partial charge in [0.05, 0.1) is 7.11 Å². The lowest BCUT2D eigenvalue weighted by Gasteiger charge is -2.45. The van der Waals surface area contributed by atoms with Crippen LogP contribution in [0.4, 0.5) is 0 Å². The Morgan fingerprint density at radius 1 is 1.04 bits per heavy atom. The largest absolute Gasteiger partial charge is 0.497 e. The van der Waals surface area contributed by atoms with Gasteiger partial charge >= 0.3 is 11.9 Å². The quantitative estimate of drug-likeness (QED) is 0.611. The Bertz CT molecular complexity index is 668. The maximum atomic E-state index is 12.8. The van der Waals surface area contributed by atoms with Gasteiger partial charge in [0.1, 0.15) is 11.5 Å². The lowest BCUT2D eigenvalue weighted by molar-refractivity contribution is -0.254. The number of methoxy groups -OCH3 is 1. The van der Waals surface area contributed by atoms with Crippen molar-refractivity contribution in [1.29, 1.82) is 0 Å². The minimum Gasteiger partial charge on any atom is -0.497 e. The molecule has 0 N–H and O–H groups in total. The molecule has 1 aliphatic heterocycles. The monoisotopic (exact) mass is 332 g/mol. The Hall–Kier alpha value is -2.37. The van der Waals surface area contributed by atoms with Crippen LogP contribution < -0.4 is 4.74 Å². The van der Waals surface area contributed by atoms with Crippen molar-refractivity contribution in [3.05, 3.63) is 29.8 Å². The minimum atomic E-state index is -1.46. The highest BCUT2D eigenvalue weighted by molar-refractivity contribution is 6.05. The van der Waals surface area contributed by atoms with Crippen LogP contribution in [0, 0.1) is 5.41 Å². The van der Waals surface area contributed by atoms with Crippen molar-refractivity contribution in [3.8, 4) is 5.75 Å². The van der Waals surface area contributed by atoms with Crippen LogP contribution in [-0.4, -0.2) is 30.6 Å². The maximum absolute atomic E-state index is 12.8. The number of carbonyl (C=O) groups excluding carboxylic acids is 3. The summed E-state index contributed by atoms with van der Waals surface area (Å²) in [5, 5.41) is 0. The van der Waals surface area contributed by atoms with Gasteiger partial charge in [-0.1, -0.05) is 12.1 Å². The molecule has 6 heteroatoms. The molecular weight excluding hydrogens is 312 g/mol. The number of cyclic esters (lactones) is 2. The van der Waals surface area contributed by atoms with E-state index < -0.39 is 29.1 Å². The SMILES string of the molecule is COc1ccc([C@@H]2CC(=O)CCC23C(=O)OC(C)(C)OC3=O)cc1. The third-order valence-electron chi connectivity index (χ3n) is 4.75. The van der Waals surface area contributed by atoms with Gasteiger partial charge in [0, 0.05) is 32.6 Å². The summed E-state index contributed by atoms with van der Waals surface area (Å²) in [6.07, 6.45) is 0.379. The molecule has 1 heterocycles. The molecule has 2 fully saturated rings. The highest BCUT2D eigenvalue weighted by atomic mass is 16.7. The Morgan fingerprint density at radius 3 is 2.17 bits per heavy atom. The van der Waals surface area contributed by atoms with Gasteiger partial charge in [0.25, 0.3) is 5.79 Å². The summed E-state index contributed by atoms with van der Waals surface area (Å²) in [5.41, 5.74) is -0.740. The number of ether oxygens (including phenoxy) is 3. The average molecular weight is 332 g/mol. The minimum absolute atomic E-state index is 0.0203. The van der Waals surface area contributed by atoms with E-state index >= 15 is 0 Å². The molecule has 1 spiro atoms. The molecule has 0 amide bonds. The van der Waals surface area contributed by atoms with E-state index in [1.165, 1.54) is 13.8 Å². The van der Waals surface area contributed by atoms with E-state index in [9.17, 15) is 14.4 Å². The van der Waals surface area contributed by atoms with Crippen LogP contribution in [-0.2, 0) is 23.9 Å². The molecule has 2 aliphatic rings. The molecule has 1 saturated carbocycles. The van der Waals surface area contributed by atoms with Crippen LogP contribution in [0.3, 0.4) is 0 Å². The summed E-state index contributed by atoms with van der Waals surface area (Å²) in [7, 11) is 1.55. The van der Waals surface area contributed by atoms with Crippen molar-refractivity contribution in [2.45, 2.75) is 44.8 Å². The zero-order valence-electron chi connectivity index (χ0n) is 14.0. The molecule has 3 rings (SSSR count). The second-order valence-electron chi connectivity index (χ2n) is 6.72. The van der Waals surface area contributed by atoms with Crippen LogP contribution >= 0.6 is 0 Å². The van der Waals surface area contributed by atoms with E-state index in [-0.39, 0.29) is 25.0 Å². The van der Waals surface area contributed by atoms with Gasteiger partial charge in [-0.05, 0) is 24.1 Å². The zero-order valence-corrected chi connectivity index (χ0v) is 14.0. The Balaban J connectivity index is 2.04. The molecule has 1 aromatic carbocycles. The first-order valence-electron chi connectivity index (χ1n) is 7.91. The molecule has 0 bridgehead atoms. The number of ketones is 1. The summed E-state index contributed by atoms with van der Waals surface area (Å²) >= 11 is 0. The molecule has 1 atom stereocenters. The van der Waals surface area contributed by atoms with Crippen LogP contribution in [0.2, 0.25) is 0 Å². The van der Waals surface area contributed by atoms with Crippen LogP contribution in [0.5, 0.6) is 5.75 Å². The molecule has 128 valence electrons. The molecule has 1 aromatic rings. The fourth-order valence-electron chi connectivity index (χ4n) is 3.47. The first kappa shape index (κ1) is 16.5. The average Bonchev–Trinajstić information content (AvgIpc) is 2.53. The van der Waals surface area contributed by atoms with Gasteiger partial charge in [-0.15, -0.1) is 0 Å². The van der Waals surface area contributed by atoms with Crippen molar-refractivity contribution >= 4 is 17.7 Å². The van der Waals surface area contributed by atoms with Crippen LogP contribution in [0.25, 0.3) is 0 Å². The van der Waals surface area contributed by atoms with E-state index in [0.717, 1.165) is 5.56 Å². The summed E-state index contributed by atoms with van der Waals surface area (Å²) in [4.78, 5) is 37.5. The maximum Gasteiger partial charge on any atom is 0.327 e.